The lowest BCUT2D eigenvalue weighted by Crippen LogP contribution is -2.32. The Morgan fingerprint density at radius 3 is 2.43 bits per heavy atom. The first-order chi connectivity index (χ1) is 13.4. The van der Waals surface area contributed by atoms with Crippen molar-refractivity contribution in [2.75, 3.05) is 25.5 Å². The van der Waals surface area contributed by atoms with Gasteiger partial charge >= 0.3 is 0 Å². The summed E-state index contributed by atoms with van der Waals surface area (Å²) in [6.45, 7) is 2.87. The Hall–Kier alpha value is -2.45. The van der Waals surface area contributed by atoms with Crippen LogP contribution in [0.15, 0.2) is 41.4 Å². The number of methoxy groups -OCH3 is 1. The zero-order chi connectivity index (χ0) is 20.1. The summed E-state index contributed by atoms with van der Waals surface area (Å²) in [7, 11) is -2.15. The number of aromatic nitrogens is 1. The molecule has 1 aromatic heterocycles. The Morgan fingerprint density at radius 1 is 1.11 bits per heavy atom. The smallest absolute Gasteiger partial charge is 0.257 e. The van der Waals surface area contributed by atoms with Crippen molar-refractivity contribution >= 4 is 21.6 Å². The average Bonchev–Trinajstić information content (AvgIpc) is 2.98. The van der Waals surface area contributed by atoms with Crippen molar-refractivity contribution in [1.29, 1.82) is 0 Å². The Bertz CT molecular complexity index is 934. The zero-order valence-corrected chi connectivity index (χ0v) is 17.0. The van der Waals surface area contributed by atoms with Gasteiger partial charge in [-0.05, 0) is 50.1 Å². The third-order valence-electron chi connectivity index (χ3n) is 4.80. The summed E-state index contributed by atoms with van der Waals surface area (Å²) in [4.78, 5) is 16.8. The number of sulfonamides is 1. The Labute approximate surface area is 165 Å². The monoisotopic (exact) mass is 403 g/mol. The van der Waals surface area contributed by atoms with E-state index in [0.717, 1.165) is 31.4 Å². The molecule has 0 saturated carbocycles. The summed E-state index contributed by atoms with van der Waals surface area (Å²) in [5, 5.41) is 2.74. The normalized spacial score (nSPS) is 15.6. The number of aryl methyl sites for hydroxylation is 1. The summed E-state index contributed by atoms with van der Waals surface area (Å²) in [5.74, 6) is 0.0124. The number of carbonyl (C=O) groups excluding carboxylic acids is 1. The number of amides is 1. The molecule has 1 fully saturated rings. The molecule has 1 N–H and O–H groups in total. The van der Waals surface area contributed by atoms with Gasteiger partial charge in [-0.3, -0.25) is 9.78 Å². The van der Waals surface area contributed by atoms with Crippen LogP contribution in [0.3, 0.4) is 0 Å². The molecule has 2 aromatic rings. The topological polar surface area (TPSA) is 88.6 Å². The second-order valence-electron chi connectivity index (χ2n) is 6.82. The third-order valence-corrected chi connectivity index (χ3v) is 6.69. The predicted octanol–water partition coefficient (Wildman–Crippen LogP) is 3.22. The number of benzene rings is 1. The van der Waals surface area contributed by atoms with Gasteiger partial charge in [0.25, 0.3) is 5.91 Å². The van der Waals surface area contributed by atoms with Crippen LogP contribution in [0, 0.1) is 6.92 Å². The number of carbonyl (C=O) groups is 1. The summed E-state index contributed by atoms with van der Waals surface area (Å²) in [5.41, 5.74) is 1.50. The van der Waals surface area contributed by atoms with Gasteiger partial charge in [0.15, 0.2) is 0 Å². The molecule has 8 heteroatoms. The van der Waals surface area contributed by atoms with Gasteiger partial charge in [0.2, 0.25) is 10.0 Å². The van der Waals surface area contributed by atoms with Crippen LogP contribution in [0.25, 0.3) is 0 Å². The molecular formula is C20H25N3O4S. The highest BCUT2D eigenvalue weighted by Gasteiger charge is 2.26. The number of nitrogens with one attached hydrogen (secondary N) is 1. The van der Waals surface area contributed by atoms with Gasteiger partial charge in [-0.25, -0.2) is 8.42 Å². The van der Waals surface area contributed by atoms with Crippen molar-refractivity contribution in [3.8, 4) is 5.75 Å². The molecule has 1 aromatic carbocycles. The third kappa shape index (κ3) is 4.51. The molecule has 0 bridgehead atoms. The van der Waals surface area contributed by atoms with E-state index in [1.807, 2.05) is 6.92 Å². The maximum absolute atomic E-state index is 13.0. The first-order valence-electron chi connectivity index (χ1n) is 9.34. The summed E-state index contributed by atoms with van der Waals surface area (Å²) in [6, 6.07) is 7.95. The Kier molecular flexibility index (Phi) is 6.31. The Morgan fingerprint density at radius 2 is 1.82 bits per heavy atom. The molecule has 1 aliphatic rings. The largest absolute Gasteiger partial charge is 0.495 e. The lowest BCUT2D eigenvalue weighted by atomic mass is 10.2. The number of hydrogen-bond acceptors (Lipinski definition) is 5. The summed E-state index contributed by atoms with van der Waals surface area (Å²) < 4.78 is 32.9. The van der Waals surface area contributed by atoms with Crippen LogP contribution in [0.5, 0.6) is 5.75 Å². The second kappa shape index (κ2) is 8.70. The highest BCUT2D eigenvalue weighted by atomic mass is 32.2. The van der Waals surface area contributed by atoms with Crippen molar-refractivity contribution in [3.63, 3.8) is 0 Å². The van der Waals surface area contributed by atoms with E-state index < -0.39 is 10.0 Å². The van der Waals surface area contributed by atoms with Crippen molar-refractivity contribution < 1.29 is 17.9 Å². The summed E-state index contributed by atoms with van der Waals surface area (Å²) in [6.07, 6.45) is 5.29. The number of hydrogen-bond donors (Lipinski definition) is 1. The average molecular weight is 404 g/mol. The minimum atomic E-state index is -3.62. The number of ether oxygens (including phenoxy) is 1. The fourth-order valence-electron chi connectivity index (χ4n) is 3.17. The summed E-state index contributed by atoms with van der Waals surface area (Å²) >= 11 is 0. The first kappa shape index (κ1) is 20.3. The SMILES string of the molecule is COc1ccc(S(=O)(=O)N2CCCCCC2)cc1NC(=O)c1ccc(C)nc1. The molecule has 1 aliphatic heterocycles. The predicted molar refractivity (Wildman–Crippen MR) is 107 cm³/mol. The van der Waals surface area contributed by atoms with Crippen LogP contribution in [-0.4, -0.2) is 43.8 Å². The molecule has 7 nitrogen and oxygen atoms in total. The van der Waals surface area contributed by atoms with E-state index in [1.165, 1.54) is 29.7 Å². The van der Waals surface area contributed by atoms with Crippen LogP contribution in [0.1, 0.15) is 41.7 Å². The number of pyridine rings is 1. The Balaban J connectivity index is 1.89. The van der Waals surface area contributed by atoms with Crippen molar-refractivity contribution in [2.24, 2.45) is 0 Å². The van der Waals surface area contributed by atoms with E-state index in [0.29, 0.717) is 30.1 Å². The standard InChI is InChI=1S/C20H25N3O4S/c1-15-7-8-16(14-21-15)20(24)22-18-13-17(9-10-19(18)27-2)28(25,26)23-11-5-3-4-6-12-23/h7-10,13-14H,3-6,11-12H2,1-2H3,(H,22,24). The molecule has 3 rings (SSSR count). The van der Waals surface area contributed by atoms with E-state index in [4.69, 9.17) is 4.74 Å². The minimum Gasteiger partial charge on any atom is -0.495 e. The minimum absolute atomic E-state index is 0.146. The van der Waals surface area contributed by atoms with Gasteiger partial charge in [-0.15, -0.1) is 0 Å². The van der Waals surface area contributed by atoms with Gasteiger partial charge in [0.05, 0.1) is 23.3 Å². The highest BCUT2D eigenvalue weighted by molar-refractivity contribution is 7.89. The highest BCUT2D eigenvalue weighted by Crippen LogP contribution is 2.30. The fraction of sp³-hybridized carbons (Fsp3) is 0.400. The molecule has 150 valence electrons. The van der Waals surface area contributed by atoms with Crippen LogP contribution in [0.4, 0.5) is 5.69 Å². The van der Waals surface area contributed by atoms with E-state index in [2.05, 4.69) is 10.3 Å². The molecular weight excluding hydrogens is 378 g/mol. The molecule has 0 aliphatic carbocycles. The number of nitrogens with zero attached hydrogens (tertiary/aromatic N) is 2. The quantitative estimate of drug-likeness (QED) is 0.828. The van der Waals surface area contributed by atoms with Crippen LogP contribution in [-0.2, 0) is 10.0 Å². The maximum Gasteiger partial charge on any atom is 0.257 e. The van der Waals surface area contributed by atoms with E-state index in [-0.39, 0.29) is 10.8 Å². The van der Waals surface area contributed by atoms with Gasteiger partial charge in [-0.2, -0.15) is 4.31 Å². The van der Waals surface area contributed by atoms with Gasteiger partial charge in [0.1, 0.15) is 5.75 Å². The van der Waals surface area contributed by atoms with Crippen LogP contribution < -0.4 is 10.1 Å². The fourth-order valence-corrected chi connectivity index (χ4v) is 4.72. The zero-order valence-electron chi connectivity index (χ0n) is 16.1. The van der Waals surface area contributed by atoms with Gasteiger partial charge in [-0.1, -0.05) is 12.8 Å². The van der Waals surface area contributed by atoms with Gasteiger partial charge < -0.3 is 10.1 Å². The van der Waals surface area contributed by atoms with Crippen molar-refractivity contribution in [3.05, 3.63) is 47.8 Å². The molecule has 28 heavy (non-hydrogen) atoms. The molecule has 0 atom stereocenters. The molecule has 0 radical (unpaired) electrons. The molecule has 0 unspecified atom stereocenters. The lowest BCUT2D eigenvalue weighted by molar-refractivity contribution is 0.102. The molecule has 0 spiro atoms. The second-order valence-corrected chi connectivity index (χ2v) is 8.76. The van der Waals surface area contributed by atoms with Crippen LogP contribution >= 0.6 is 0 Å². The molecule has 1 amide bonds. The maximum atomic E-state index is 13.0. The van der Waals surface area contributed by atoms with Gasteiger partial charge in [0, 0.05) is 25.0 Å². The molecule has 2 heterocycles. The number of anilines is 1. The van der Waals surface area contributed by atoms with E-state index in [9.17, 15) is 13.2 Å². The van der Waals surface area contributed by atoms with Crippen molar-refractivity contribution in [1.82, 2.24) is 9.29 Å². The van der Waals surface area contributed by atoms with E-state index >= 15 is 0 Å². The molecule has 1 saturated heterocycles. The van der Waals surface area contributed by atoms with Crippen LogP contribution in [0.2, 0.25) is 0 Å². The first-order valence-corrected chi connectivity index (χ1v) is 10.8. The van der Waals surface area contributed by atoms with E-state index in [1.54, 1.807) is 18.2 Å². The number of rotatable bonds is 5. The van der Waals surface area contributed by atoms with Crippen molar-refractivity contribution in [2.45, 2.75) is 37.5 Å². The lowest BCUT2D eigenvalue weighted by Gasteiger charge is -2.21.